The molecule has 7 heteroatoms. The quantitative estimate of drug-likeness (QED) is 0.500. The van der Waals surface area contributed by atoms with E-state index in [1.165, 1.54) is 12.3 Å². The van der Waals surface area contributed by atoms with Crippen molar-refractivity contribution in [3.8, 4) is 11.5 Å². The molecule has 122 valence electrons. The number of phenolic OH excluding ortho intramolecular Hbond substituents is 2. The third kappa shape index (κ3) is 3.08. The molecule has 0 saturated heterocycles. The van der Waals surface area contributed by atoms with Gasteiger partial charge in [0, 0.05) is 17.8 Å². The van der Waals surface area contributed by atoms with Crippen LogP contribution in [0.15, 0.2) is 64.5 Å². The maximum Gasteiger partial charge on any atom is 0.294 e. The lowest BCUT2D eigenvalue weighted by molar-refractivity contribution is 0.467. The fourth-order valence-electron chi connectivity index (χ4n) is 2.33. The predicted molar refractivity (Wildman–Crippen MR) is 90.8 cm³/mol. The average molecular weight is 343 g/mol. The number of hydrogen-bond donors (Lipinski definition) is 3. The van der Waals surface area contributed by atoms with Crippen molar-refractivity contribution >= 4 is 32.8 Å². The predicted octanol–water partition coefficient (Wildman–Crippen LogP) is 3.25. The average Bonchev–Trinajstić information content (AvgIpc) is 2.54. The van der Waals surface area contributed by atoms with Crippen molar-refractivity contribution in [2.24, 2.45) is 4.99 Å². The topological polar surface area (TPSA) is 107 Å². The van der Waals surface area contributed by atoms with E-state index in [-0.39, 0.29) is 11.4 Å². The molecule has 0 aliphatic rings. The molecule has 3 rings (SSSR count). The van der Waals surface area contributed by atoms with Gasteiger partial charge in [-0.2, -0.15) is 8.42 Å². The number of aromatic hydroxyl groups is 2. The first-order valence-corrected chi connectivity index (χ1v) is 8.35. The molecule has 0 saturated carbocycles. The van der Waals surface area contributed by atoms with Gasteiger partial charge >= 0.3 is 0 Å². The summed E-state index contributed by atoms with van der Waals surface area (Å²) in [5.41, 5.74) is 0.584. The minimum Gasteiger partial charge on any atom is -0.507 e. The summed E-state index contributed by atoms with van der Waals surface area (Å²) < 4.78 is 31.0. The van der Waals surface area contributed by atoms with Crippen LogP contribution in [0.5, 0.6) is 11.5 Å². The standard InChI is InChI=1S/C17H13NO5S/c19-16-8-5-11-3-1-2-4-13(11)14(16)10-18-15-7-6-12(9-17(15)20)24(21,22)23/h1-10,19-20H,(H,21,22,23). The SMILES string of the molecule is O=S(=O)(O)c1ccc(N=Cc2c(O)ccc3ccccc23)c(O)c1. The lowest BCUT2D eigenvalue weighted by Crippen LogP contribution is -1.97. The van der Waals surface area contributed by atoms with Gasteiger partial charge in [-0.15, -0.1) is 0 Å². The zero-order valence-electron chi connectivity index (χ0n) is 12.3. The molecule has 0 aliphatic heterocycles. The largest absolute Gasteiger partial charge is 0.507 e. The van der Waals surface area contributed by atoms with Crippen molar-refractivity contribution in [2.45, 2.75) is 4.90 Å². The van der Waals surface area contributed by atoms with Crippen molar-refractivity contribution in [1.82, 2.24) is 0 Å². The van der Waals surface area contributed by atoms with Crippen molar-refractivity contribution in [3.05, 3.63) is 60.2 Å². The van der Waals surface area contributed by atoms with Crippen LogP contribution in [-0.2, 0) is 10.1 Å². The molecule has 3 aromatic rings. The number of nitrogens with zero attached hydrogens (tertiary/aromatic N) is 1. The smallest absolute Gasteiger partial charge is 0.294 e. The summed E-state index contributed by atoms with van der Waals surface area (Å²) in [6.07, 6.45) is 1.39. The van der Waals surface area contributed by atoms with Crippen LogP contribution < -0.4 is 0 Å². The van der Waals surface area contributed by atoms with Gasteiger partial charge in [-0.05, 0) is 29.0 Å². The molecule has 6 nitrogen and oxygen atoms in total. The third-order valence-electron chi connectivity index (χ3n) is 3.53. The molecule has 0 spiro atoms. The van der Waals surface area contributed by atoms with E-state index in [1.807, 2.05) is 24.3 Å². The molecule has 0 bridgehead atoms. The highest BCUT2D eigenvalue weighted by molar-refractivity contribution is 7.85. The molecule has 24 heavy (non-hydrogen) atoms. The summed E-state index contributed by atoms with van der Waals surface area (Å²) in [5.74, 6) is -0.368. The van der Waals surface area contributed by atoms with Gasteiger partial charge in [-0.3, -0.25) is 9.55 Å². The fourth-order valence-corrected chi connectivity index (χ4v) is 2.83. The second-order valence-corrected chi connectivity index (χ2v) is 6.52. The molecule has 0 heterocycles. The fraction of sp³-hybridized carbons (Fsp3) is 0. The lowest BCUT2D eigenvalue weighted by atomic mass is 10.0. The number of benzene rings is 3. The summed E-state index contributed by atoms with van der Waals surface area (Å²) in [6.45, 7) is 0. The first-order valence-electron chi connectivity index (χ1n) is 6.91. The Morgan fingerprint density at radius 2 is 1.67 bits per heavy atom. The van der Waals surface area contributed by atoms with Gasteiger partial charge in [0.2, 0.25) is 0 Å². The first kappa shape index (κ1) is 16.0. The Kier molecular flexibility index (Phi) is 3.96. The summed E-state index contributed by atoms with van der Waals surface area (Å²) in [7, 11) is -4.40. The van der Waals surface area contributed by atoms with E-state index in [1.54, 1.807) is 12.1 Å². The molecular weight excluding hydrogens is 330 g/mol. The zero-order chi connectivity index (χ0) is 17.3. The Balaban J connectivity index is 2.05. The molecule has 0 amide bonds. The van der Waals surface area contributed by atoms with Gasteiger partial charge < -0.3 is 10.2 Å². The van der Waals surface area contributed by atoms with E-state index in [2.05, 4.69) is 4.99 Å². The van der Waals surface area contributed by atoms with Crippen molar-refractivity contribution < 1.29 is 23.2 Å². The maximum absolute atomic E-state index is 11.0. The number of hydrogen-bond acceptors (Lipinski definition) is 5. The zero-order valence-corrected chi connectivity index (χ0v) is 13.1. The van der Waals surface area contributed by atoms with Gasteiger partial charge in [-0.25, -0.2) is 0 Å². The second kappa shape index (κ2) is 5.95. The minimum absolute atomic E-state index is 0.0338. The van der Waals surface area contributed by atoms with Crippen LogP contribution in [0.25, 0.3) is 10.8 Å². The second-order valence-electron chi connectivity index (χ2n) is 5.10. The molecule has 0 unspecified atom stereocenters. The Bertz CT molecular complexity index is 1060. The van der Waals surface area contributed by atoms with Gasteiger partial charge in [0.15, 0.2) is 0 Å². The van der Waals surface area contributed by atoms with E-state index in [9.17, 15) is 18.6 Å². The van der Waals surface area contributed by atoms with Crippen LogP contribution in [0.4, 0.5) is 5.69 Å². The van der Waals surface area contributed by atoms with E-state index in [0.29, 0.717) is 5.56 Å². The van der Waals surface area contributed by atoms with Crippen molar-refractivity contribution in [1.29, 1.82) is 0 Å². The summed E-state index contributed by atoms with van der Waals surface area (Å²) in [6, 6.07) is 14.1. The molecule has 3 N–H and O–H groups in total. The van der Waals surface area contributed by atoms with Gasteiger partial charge in [0.1, 0.15) is 17.2 Å². The van der Waals surface area contributed by atoms with Gasteiger partial charge in [0.25, 0.3) is 10.1 Å². The molecule has 0 fully saturated rings. The van der Waals surface area contributed by atoms with Crippen LogP contribution in [0.3, 0.4) is 0 Å². The first-order chi connectivity index (χ1) is 11.4. The molecular formula is C17H13NO5S. The van der Waals surface area contributed by atoms with Crippen LogP contribution >= 0.6 is 0 Å². The summed E-state index contributed by atoms with van der Waals surface area (Å²) in [5, 5.41) is 21.6. The Labute approximate surface area is 138 Å². The highest BCUT2D eigenvalue weighted by Crippen LogP contribution is 2.30. The Morgan fingerprint density at radius 3 is 2.38 bits per heavy atom. The number of rotatable bonds is 3. The van der Waals surface area contributed by atoms with E-state index in [4.69, 9.17) is 4.55 Å². The van der Waals surface area contributed by atoms with Crippen molar-refractivity contribution in [3.63, 3.8) is 0 Å². The molecule has 0 aromatic heterocycles. The monoisotopic (exact) mass is 343 g/mol. The molecule has 0 radical (unpaired) electrons. The summed E-state index contributed by atoms with van der Waals surface area (Å²) >= 11 is 0. The minimum atomic E-state index is -4.40. The number of fused-ring (bicyclic) bond motifs is 1. The van der Waals surface area contributed by atoms with E-state index >= 15 is 0 Å². The maximum atomic E-state index is 11.0. The normalized spacial score (nSPS) is 12.0. The van der Waals surface area contributed by atoms with Crippen molar-refractivity contribution in [2.75, 3.05) is 0 Å². The Morgan fingerprint density at radius 1 is 0.917 bits per heavy atom. The van der Waals surface area contributed by atoms with Crippen LogP contribution in [0.1, 0.15) is 5.56 Å². The van der Waals surface area contributed by atoms with E-state index in [0.717, 1.165) is 22.9 Å². The number of aliphatic imine (C=N–C) groups is 1. The van der Waals surface area contributed by atoms with Crippen LogP contribution in [0, 0.1) is 0 Å². The summed E-state index contributed by atoms with van der Waals surface area (Å²) in [4.78, 5) is 3.67. The highest BCUT2D eigenvalue weighted by Gasteiger charge is 2.12. The molecule has 0 atom stereocenters. The van der Waals surface area contributed by atoms with Crippen LogP contribution in [0.2, 0.25) is 0 Å². The highest BCUT2D eigenvalue weighted by atomic mass is 32.2. The van der Waals surface area contributed by atoms with Gasteiger partial charge in [0.05, 0.1) is 4.90 Å². The third-order valence-corrected chi connectivity index (χ3v) is 4.37. The van der Waals surface area contributed by atoms with Gasteiger partial charge in [-0.1, -0.05) is 30.3 Å². The van der Waals surface area contributed by atoms with E-state index < -0.39 is 20.8 Å². The lowest BCUT2D eigenvalue weighted by Gasteiger charge is -2.05. The van der Waals surface area contributed by atoms with Crippen LogP contribution in [-0.4, -0.2) is 29.4 Å². The molecule has 3 aromatic carbocycles. The molecule has 0 aliphatic carbocycles. The Hall–Kier alpha value is -2.90. The number of phenols is 2.